The van der Waals surface area contributed by atoms with E-state index in [1.807, 2.05) is 24.3 Å². The van der Waals surface area contributed by atoms with E-state index in [0.717, 1.165) is 41.2 Å². The number of nitrogens with zero attached hydrogens (tertiary/aromatic N) is 2. The number of esters is 1. The number of carbonyl (C=O) groups is 2. The Morgan fingerprint density at radius 1 is 1.33 bits per heavy atom. The lowest BCUT2D eigenvalue weighted by molar-refractivity contribution is -0.148. The number of aromatic nitrogens is 1. The molecule has 1 aromatic carbocycles. The van der Waals surface area contributed by atoms with E-state index in [0.29, 0.717) is 5.92 Å². The first-order valence-electron chi connectivity index (χ1n) is 8.10. The van der Waals surface area contributed by atoms with Crippen LogP contribution < -0.4 is 0 Å². The molecule has 1 aromatic heterocycles. The molecule has 0 aliphatic carbocycles. The molecule has 0 spiro atoms. The van der Waals surface area contributed by atoms with Crippen LogP contribution in [0.4, 0.5) is 0 Å². The minimum atomic E-state index is -0.520. The van der Waals surface area contributed by atoms with Crippen LogP contribution in [0.3, 0.4) is 0 Å². The van der Waals surface area contributed by atoms with Crippen molar-refractivity contribution in [1.82, 2.24) is 9.88 Å². The van der Waals surface area contributed by atoms with Crippen molar-refractivity contribution in [2.75, 3.05) is 19.7 Å². The molecule has 24 heavy (non-hydrogen) atoms. The molecular formula is C18H20N2O3S. The van der Waals surface area contributed by atoms with Gasteiger partial charge in [-0.3, -0.25) is 4.79 Å². The van der Waals surface area contributed by atoms with Gasteiger partial charge in [0.15, 0.2) is 6.61 Å². The summed E-state index contributed by atoms with van der Waals surface area (Å²) in [6.07, 6.45) is 4.97. The quantitative estimate of drug-likeness (QED) is 0.632. The second-order valence-electron chi connectivity index (χ2n) is 6.02. The molecule has 0 atom stereocenters. The molecule has 0 unspecified atom stereocenters. The SMILES string of the molecule is CC1CCN(C(=O)COC(=O)/C=C/c2nc3ccccc3s2)CC1. The zero-order chi connectivity index (χ0) is 16.9. The normalized spacial score (nSPS) is 16.0. The highest BCUT2D eigenvalue weighted by atomic mass is 32.1. The van der Waals surface area contributed by atoms with Crippen molar-refractivity contribution in [3.63, 3.8) is 0 Å². The van der Waals surface area contributed by atoms with Crippen LogP contribution in [0.15, 0.2) is 30.3 Å². The van der Waals surface area contributed by atoms with Gasteiger partial charge in [-0.05, 0) is 37.0 Å². The fourth-order valence-corrected chi connectivity index (χ4v) is 3.50. The fourth-order valence-electron chi connectivity index (χ4n) is 2.63. The molecule has 3 rings (SSSR count). The zero-order valence-electron chi connectivity index (χ0n) is 13.6. The second-order valence-corrected chi connectivity index (χ2v) is 7.09. The molecule has 0 radical (unpaired) electrons. The largest absolute Gasteiger partial charge is 0.452 e. The van der Waals surface area contributed by atoms with Crippen LogP contribution in [0.5, 0.6) is 0 Å². The monoisotopic (exact) mass is 344 g/mol. The molecular weight excluding hydrogens is 324 g/mol. The summed E-state index contributed by atoms with van der Waals surface area (Å²) >= 11 is 1.51. The number of amides is 1. The number of carbonyl (C=O) groups excluding carboxylic acids is 2. The van der Waals surface area contributed by atoms with E-state index in [2.05, 4.69) is 11.9 Å². The van der Waals surface area contributed by atoms with Crippen LogP contribution in [0.2, 0.25) is 0 Å². The number of thiazole rings is 1. The molecule has 0 N–H and O–H groups in total. The maximum atomic E-state index is 12.0. The van der Waals surface area contributed by atoms with Gasteiger partial charge in [-0.1, -0.05) is 19.1 Å². The number of hydrogen-bond acceptors (Lipinski definition) is 5. The number of likely N-dealkylation sites (tertiary alicyclic amines) is 1. The Kier molecular flexibility index (Phi) is 5.25. The predicted octanol–water partition coefficient (Wildman–Crippen LogP) is 3.11. The number of benzene rings is 1. The van der Waals surface area contributed by atoms with Crippen molar-refractivity contribution >= 4 is 39.5 Å². The third-order valence-corrected chi connectivity index (χ3v) is 5.15. The summed E-state index contributed by atoms with van der Waals surface area (Å²) in [6.45, 7) is 3.49. The molecule has 5 nitrogen and oxygen atoms in total. The third-order valence-electron chi connectivity index (χ3n) is 4.15. The molecule has 0 bridgehead atoms. The summed E-state index contributed by atoms with van der Waals surface area (Å²) in [7, 11) is 0. The van der Waals surface area contributed by atoms with Crippen LogP contribution in [0.25, 0.3) is 16.3 Å². The summed E-state index contributed by atoms with van der Waals surface area (Å²) in [4.78, 5) is 30.0. The summed E-state index contributed by atoms with van der Waals surface area (Å²) in [5, 5.41) is 0.740. The van der Waals surface area contributed by atoms with Gasteiger partial charge in [-0.25, -0.2) is 9.78 Å². The summed E-state index contributed by atoms with van der Waals surface area (Å²) in [5.41, 5.74) is 0.907. The highest BCUT2D eigenvalue weighted by molar-refractivity contribution is 7.19. The first-order valence-corrected chi connectivity index (χ1v) is 8.91. The molecule has 2 heterocycles. The summed E-state index contributed by atoms with van der Waals surface area (Å²) in [5.74, 6) is 0.0185. The van der Waals surface area contributed by atoms with E-state index < -0.39 is 5.97 Å². The summed E-state index contributed by atoms with van der Waals surface area (Å²) < 4.78 is 6.11. The Bertz CT molecular complexity index is 727. The summed E-state index contributed by atoms with van der Waals surface area (Å²) in [6, 6.07) is 7.80. The molecule has 0 saturated carbocycles. The minimum absolute atomic E-state index is 0.122. The van der Waals surface area contributed by atoms with Crippen molar-refractivity contribution < 1.29 is 14.3 Å². The standard InChI is InChI=1S/C18H20N2O3S/c1-13-8-10-20(11-9-13)17(21)12-23-18(22)7-6-16-19-14-4-2-3-5-15(14)24-16/h2-7,13H,8-12H2,1H3/b7-6+. The zero-order valence-corrected chi connectivity index (χ0v) is 14.4. The molecule has 1 fully saturated rings. The van der Waals surface area contributed by atoms with Gasteiger partial charge in [0.05, 0.1) is 10.2 Å². The van der Waals surface area contributed by atoms with E-state index >= 15 is 0 Å². The van der Waals surface area contributed by atoms with E-state index in [1.54, 1.807) is 11.0 Å². The van der Waals surface area contributed by atoms with Gasteiger partial charge in [0, 0.05) is 19.2 Å². The molecule has 1 aliphatic rings. The molecule has 1 saturated heterocycles. The molecule has 1 amide bonds. The molecule has 6 heteroatoms. The average molecular weight is 344 g/mol. The number of fused-ring (bicyclic) bond motifs is 1. The van der Waals surface area contributed by atoms with Crippen molar-refractivity contribution in [3.05, 3.63) is 35.3 Å². The number of rotatable bonds is 4. The number of piperidine rings is 1. The van der Waals surface area contributed by atoms with Crippen LogP contribution in [0, 0.1) is 5.92 Å². The van der Waals surface area contributed by atoms with E-state index in [1.165, 1.54) is 17.4 Å². The van der Waals surface area contributed by atoms with Gasteiger partial charge >= 0.3 is 5.97 Å². The van der Waals surface area contributed by atoms with Crippen LogP contribution in [-0.4, -0.2) is 41.5 Å². The van der Waals surface area contributed by atoms with Crippen LogP contribution in [0.1, 0.15) is 24.8 Å². The number of ether oxygens (including phenoxy) is 1. The van der Waals surface area contributed by atoms with Crippen LogP contribution in [-0.2, 0) is 14.3 Å². The van der Waals surface area contributed by atoms with Crippen molar-refractivity contribution in [1.29, 1.82) is 0 Å². The predicted molar refractivity (Wildman–Crippen MR) is 94.6 cm³/mol. The van der Waals surface area contributed by atoms with Gasteiger partial charge < -0.3 is 9.64 Å². The van der Waals surface area contributed by atoms with E-state index in [4.69, 9.17) is 4.74 Å². The molecule has 126 valence electrons. The minimum Gasteiger partial charge on any atom is -0.452 e. The van der Waals surface area contributed by atoms with E-state index in [9.17, 15) is 9.59 Å². The van der Waals surface area contributed by atoms with Gasteiger partial charge in [-0.15, -0.1) is 11.3 Å². The molecule has 1 aliphatic heterocycles. The third kappa shape index (κ3) is 4.20. The molecule has 2 aromatic rings. The lowest BCUT2D eigenvalue weighted by Crippen LogP contribution is -2.40. The topological polar surface area (TPSA) is 59.5 Å². The Morgan fingerprint density at radius 3 is 2.83 bits per heavy atom. The van der Waals surface area contributed by atoms with Gasteiger partial charge in [0.2, 0.25) is 0 Å². The second kappa shape index (κ2) is 7.57. The Hall–Kier alpha value is -2.21. The number of para-hydroxylation sites is 1. The fraction of sp³-hybridized carbons (Fsp3) is 0.389. The lowest BCUT2D eigenvalue weighted by Gasteiger charge is -2.30. The highest BCUT2D eigenvalue weighted by Gasteiger charge is 2.20. The lowest BCUT2D eigenvalue weighted by atomic mass is 9.99. The number of hydrogen-bond donors (Lipinski definition) is 0. The van der Waals surface area contributed by atoms with Gasteiger partial charge in [0.25, 0.3) is 5.91 Å². The Morgan fingerprint density at radius 2 is 2.08 bits per heavy atom. The average Bonchev–Trinajstić information content (AvgIpc) is 3.01. The van der Waals surface area contributed by atoms with Crippen molar-refractivity contribution in [3.8, 4) is 0 Å². The van der Waals surface area contributed by atoms with E-state index in [-0.39, 0.29) is 12.5 Å². The highest BCUT2D eigenvalue weighted by Crippen LogP contribution is 2.22. The van der Waals surface area contributed by atoms with Crippen LogP contribution >= 0.6 is 11.3 Å². The van der Waals surface area contributed by atoms with Gasteiger partial charge in [-0.2, -0.15) is 0 Å². The smallest absolute Gasteiger partial charge is 0.331 e. The Balaban J connectivity index is 1.49. The van der Waals surface area contributed by atoms with Gasteiger partial charge in [0.1, 0.15) is 5.01 Å². The van der Waals surface area contributed by atoms with Crippen molar-refractivity contribution in [2.24, 2.45) is 5.92 Å². The van der Waals surface area contributed by atoms with Crippen molar-refractivity contribution in [2.45, 2.75) is 19.8 Å². The Labute approximate surface area is 144 Å². The maximum Gasteiger partial charge on any atom is 0.331 e. The maximum absolute atomic E-state index is 12.0. The first kappa shape index (κ1) is 16.6. The first-order chi connectivity index (χ1) is 11.6.